The molecular weight excluding hydrogens is 292 g/mol. The van der Waals surface area contributed by atoms with Crippen LogP contribution in [-0.2, 0) is 16.8 Å². The normalized spacial score (nSPS) is 16.1. The van der Waals surface area contributed by atoms with Crippen LogP contribution in [0.2, 0.25) is 0 Å². The Bertz CT molecular complexity index is 769. The Labute approximate surface area is 134 Å². The maximum Gasteiger partial charge on any atom is 0.269 e. The molecular formula is C18H18N2O3. The third kappa shape index (κ3) is 2.82. The van der Waals surface area contributed by atoms with E-state index in [0.717, 1.165) is 16.8 Å². The van der Waals surface area contributed by atoms with Gasteiger partial charge in [0.1, 0.15) is 0 Å². The van der Waals surface area contributed by atoms with Crippen LogP contribution in [0.4, 0.5) is 11.4 Å². The van der Waals surface area contributed by atoms with Gasteiger partial charge < -0.3 is 4.90 Å². The van der Waals surface area contributed by atoms with E-state index >= 15 is 0 Å². The highest BCUT2D eigenvalue weighted by Gasteiger charge is 2.37. The zero-order chi connectivity index (χ0) is 16.6. The third-order valence-electron chi connectivity index (χ3n) is 4.29. The van der Waals surface area contributed by atoms with E-state index in [9.17, 15) is 14.9 Å². The fraction of sp³-hybridized carbons (Fsp3) is 0.278. The van der Waals surface area contributed by atoms with Crippen LogP contribution in [0.3, 0.4) is 0 Å². The minimum Gasteiger partial charge on any atom is -0.308 e. The molecule has 2 aromatic carbocycles. The molecule has 0 aliphatic carbocycles. The largest absolute Gasteiger partial charge is 0.308 e. The lowest BCUT2D eigenvalue weighted by Gasteiger charge is -2.38. The van der Waals surface area contributed by atoms with Gasteiger partial charge in [-0.05, 0) is 17.2 Å². The smallest absolute Gasteiger partial charge is 0.269 e. The van der Waals surface area contributed by atoms with E-state index in [1.165, 1.54) is 6.07 Å². The number of rotatable bonds is 3. The summed E-state index contributed by atoms with van der Waals surface area (Å²) in [6, 6.07) is 14.5. The summed E-state index contributed by atoms with van der Waals surface area (Å²) in [7, 11) is 0. The summed E-state index contributed by atoms with van der Waals surface area (Å²) in [5.41, 5.74) is 2.30. The molecule has 0 bridgehead atoms. The van der Waals surface area contributed by atoms with Gasteiger partial charge in [-0.2, -0.15) is 0 Å². The standard InChI is InChI=1S/C18H18N2O3/c1-18(2)11-17(21)19(12-13-6-4-3-5-7-13)16-9-8-14(20(22)23)10-15(16)18/h3-10H,11-12H2,1-2H3. The van der Waals surface area contributed by atoms with Crippen molar-refractivity contribution in [1.29, 1.82) is 0 Å². The lowest BCUT2D eigenvalue weighted by molar-refractivity contribution is -0.385. The van der Waals surface area contributed by atoms with Crippen molar-refractivity contribution >= 4 is 17.3 Å². The number of benzene rings is 2. The quantitative estimate of drug-likeness (QED) is 0.639. The average molecular weight is 310 g/mol. The van der Waals surface area contributed by atoms with Crippen LogP contribution in [-0.4, -0.2) is 10.8 Å². The molecule has 1 amide bonds. The summed E-state index contributed by atoms with van der Waals surface area (Å²) in [6.07, 6.45) is 0.341. The lowest BCUT2D eigenvalue weighted by Crippen LogP contribution is -2.41. The van der Waals surface area contributed by atoms with Crippen molar-refractivity contribution in [2.24, 2.45) is 0 Å². The maximum atomic E-state index is 12.6. The molecule has 1 heterocycles. The first kappa shape index (κ1) is 15.2. The molecule has 0 N–H and O–H groups in total. The number of carbonyl (C=O) groups is 1. The summed E-state index contributed by atoms with van der Waals surface area (Å²) in [4.78, 5) is 25.0. The van der Waals surface area contributed by atoms with Crippen LogP contribution in [0, 0.1) is 10.1 Å². The van der Waals surface area contributed by atoms with Crippen LogP contribution in [0.1, 0.15) is 31.4 Å². The number of nitrogens with zero attached hydrogens (tertiary/aromatic N) is 2. The number of amides is 1. The molecule has 3 rings (SSSR count). The van der Waals surface area contributed by atoms with E-state index in [-0.39, 0.29) is 11.6 Å². The van der Waals surface area contributed by atoms with Gasteiger partial charge in [0.25, 0.3) is 5.69 Å². The molecule has 1 aliphatic rings. The molecule has 0 saturated heterocycles. The second-order valence-corrected chi connectivity index (χ2v) is 6.48. The minimum absolute atomic E-state index is 0.0419. The molecule has 0 saturated carbocycles. The topological polar surface area (TPSA) is 63.5 Å². The second kappa shape index (κ2) is 5.50. The van der Waals surface area contributed by atoms with E-state index < -0.39 is 10.3 Å². The summed E-state index contributed by atoms with van der Waals surface area (Å²) in [5, 5.41) is 11.1. The van der Waals surface area contributed by atoms with E-state index in [4.69, 9.17) is 0 Å². The van der Waals surface area contributed by atoms with Crippen molar-refractivity contribution in [2.45, 2.75) is 32.2 Å². The average Bonchev–Trinajstić information content (AvgIpc) is 2.51. The molecule has 5 heteroatoms. The molecule has 1 aliphatic heterocycles. The highest BCUT2D eigenvalue weighted by atomic mass is 16.6. The molecule has 0 aromatic heterocycles. The number of anilines is 1. The van der Waals surface area contributed by atoms with Gasteiger partial charge in [-0.3, -0.25) is 14.9 Å². The van der Waals surface area contributed by atoms with Crippen molar-refractivity contribution in [2.75, 3.05) is 4.90 Å². The van der Waals surface area contributed by atoms with E-state index in [1.807, 2.05) is 44.2 Å². The molecule has 0 fully saturated rings. The van der Waals surface area contributed by atoms with E-state index in [2.05, 4.69) is 0 Å². The summed E-state index contributed by atoms with van der Waals surface area (Å²) in [5.74, 6) is 0.0419. The Hall–Kier alpha value is -2.69. The highest BCUT2D eigenvalue weighted by Crippen LogP contribution is 2.42. The van der Waals surface area contributed by atoms with Gasteiger partial charge in [0, 0.05) is 29.7 Å². The van der Waals surface area contributed by atoms with Gasteiger partial charge in [-0.25, -0.2) is 0 Å². The number of nitro groups is 1. The van der Waals surface area contributed by atoms with Crippen LogP contribution in [0.15, 0.2) is 48.5 Å². The first-order valence-corrected chi connectivity index (χ1v) is 7.52. The van der Waals surface area contributed by atoms with Crippen molar-refractivity contribution < 1.29 is 9.72 Å². The van der Waals surface area contributed by atoms with Crippen LogP contribution >= 0.6 is 0 Å². The summed E-state index contributed by atoms with van der Waals surface area (Å²) in [6.45, 7) is 4.38. The monoisotopic (exact) mass is 310 g/mol. The number of fused-ring (bicyclic) bond motifs is 1. The molecule has 5 nitrogen and oxygen atoms in total. The molecule has 0 atom stereocenters. The first-order chi connectivity index (χ1) is 10.9. The Kier molecular flexibility index (Phi) is 3.64. The molecule has 2 aromatic rings. The Balaban J connectivity index is 2.06. The fourth-order valence-corrected chi connectivity index (χ4v) is 3.06. The summed E-state index contributed by atoms with van der Waals surface area (Å²) < 4.78 is 0. The van der Waals surface area contributed by atoms with Gasteiger partial charge in [0.15, 0.2) is 0 Å². The first-order valence-electron chi connectivity index (χ1n) is 7.52. The van der Waals surface area contributed by atoms with Gasteiger partial charge in [-0.1, -0.05) is 44.2 Å². The van der Waals surface area contributed by atoms with Gasteiger partial charge in [0.05, 0.1) is 11.5 Å². The molecule has 0 spiro atoms. The van der Waals surface area contributed by atoms with E-state index in [0.29, 0.717) is 13.0 Å². The second-order valence-electron chi connectivity index (χ2n) is 6.48. The van der Waals surface area contributed by atoms with E-state index in [1.54, 1.807) is 17.0 Å². The number of hydrogen-bond donors (Lipinski definition) is 0. The zero-order valence-electron chi connectivity index (χ0n) is 13.2. The van der Waals surface area contributed by atoms with Crippen molar-refractivity contribution in [3.05, 3.63) is 69.8 Å². The lowest BCUT2D eigenvalue weighted by atomic mass is 9.77. The van der Waals surface area contributed by atoms with Gasteiger partial charge in [-0.15, -0.1) is 0 Å². The Morgan fingerprint density at radius 2 is 1.87 bits per heavy atom. The fourth-order valence-electron chi connectivity index (χ4n) is 3.06. The molecule has 23 heavy (non-hydrogen) atoms. The SMILES string of the molecule is CC1(C)CC(=O)N(Cc2ccccc2)c2ccc([N+](=O)[O-])cc21. The minimum atomic E-state index is -0.411. The number of hydrogen-bond acceptors (Lipinski definition) is 3. The maximum absolute atomic E-state index is 12.6. The Morgan fingerprint density at radius 3 is 2.52 bits per heavy atom. The molecule has 0 radical (unpaired) electrons. The van der Waals surface area contributed by atoms with Crippen LogP contribution in [0.25, 0.3) is 0 Å². The zero-order valence-corrected chi connectivity index (χ0v) is 13.2. The predicted molar refractivity (Wildman–Crippen MR) is 88.4 cm³/mol. The number of nitro benzene ring substituents is 1. The molecule has 118 valence electrons. The van der Waals surface area contributed by atoms with Crippen molar-refractivity contribution in [3.8, 4) is 0 Å². The van der Waals surface area contributed by atoms with Gasteiger partial charge >= 0.3 is 0 Å². The highest BCUT2D eigenvalue weighted by molar-refractivity contribution is 5.98. The van der Waals surface area contributed by atoms with Gasteiger partial charge in [0.2, 0.25) is 5.91 Å². The number of non-ortho nitro benzene ring substituents is 1. The summed E-state index contributed by atoms with van der Waals surface area (Å²) >= 11 is 0. The van der Waals surface area contributed by atoms with Crippen molar-refractivity contribution in [1.82, 2.24) is 0 Å². The predicted octanol–water partition coefficient (Wildman–Crippen LogP) is 3.81. The van der Waals surface area contributed by atoms with Crippen LogP contribution in [0.5, 0.6) is 0 Å². The Morgan fingerprint density at radius 1 is 1.17 bits per heavy atom. The third-order valence-corrected chi connectivity index (χ3v) is 4.29. The number of carbonyl (C=O) groups excluding carboxylic acids is 1. The molecule has 0 unspecified atom stereocenters. The van der Waals surface area contributed by atoms with Crippen molar-refractivity contribution in [3.63, 3.8) is 0 Å². The van der Waals surface area contributed by atoms with Crippen LogP contribution < -0.4 is 4.90 Å².